The predicted octanol–water partition coefficient (Wildman–Crippen LogP) is 4.35. The Morgan fingerprint density at radius 2 is 2.00 bits per heavy atom. The molecule has 25 heavy (non-hydrogen) atoms. The number of halogens is 3. The highest BCUT2D eigenvalue weighted by Gasteiger charge is 2.33. The van der Waals surface area contributed by atoms with Crippen LogP contribution in [0.1, 0.15) is 50.8 Å². The highest BCUT2D eigenvalue weighted by atomic mass is 19.4. The molecule has 1 saturated heterocycles. The van der Waals surface area contributed by atoms with Gasteiger partial charge in [-0.3, -0.25) is 0 Å². The molecule has 0 aromatic heterocycles. The van der Waals surface area contributed by atoms with Crippen LogP contribution in [-0.2, 0) is 10.9 Å². The summed E-state index contributed by atoms with van der Waals surface area (Å²) in [6.45, 7) is 6.33. The summed E-state index contributed by atoms with van der Waals surface area (Å²) >= 11 is 0. The van der Waals surface area contributed by atoms with Crippen LogP contribution >= 0.6 is 0 Å². The SMILES string of the molecule is CC(C)(C)OC(=O)N1CCCC(C(N)c2cccc(C(F)(F)F)c2)C1. The summed E-state index contributed by atoms with van der Waals surface area (Å²) in [7, 11) is 0. The second-order valence-corrected chi connectivity index (χ2v) is 7.48. The van der Waals surface area contributed by atoms with E-state index in [1.54, 1.807) is 31.7 Å². The molecule has 1 heterocycles. The molecule has 1 aromatic carbocycles. The lowest BCUT2D eigenvalue weighted by Crippen LogP contribution is -2.45. The number of hydrogen-bond donors (Lipinski definition) is 1. The smallest absolute Gasteiger partial charge is 0.416 e. The van der Waals surface area contributed by atoms with Gasteiger partial charge in [-0.2, -0.15) is 13.2 Å². The van der Waals surface area contributed by atoms with E-state index in [1.807, 2.05) is 0 Å². The van der Waals surface area contributed by atoms with E-state index in [0.29, 0.717) is 18.7 Å². The van der Waals surface area contributed by atoms with Gasteiger partial charge in [0.05, 0.1) is 5.56 Å². The van der Waals surface area contributed by atoms with Gasteiger partial charge < -0.3 is 15.4 Å². The monoisotopic (exact) mass is 358 g/mol. The van der Waals surface area contributed by atoms with E-state index >= 15 is 0 Å². The Morgan fingerprint density at radius 3 is 2.60 bits per heavy atom. The highest BCUT2D eigenvalue weighted by molar-refractivity contribution is 5.68. The fourth-order valence-corrected chi connectivity index (χ4v) is 2.99. The van der Waals surface area contributed by atoms with E-state index in [4.69, 9.17) is 10.5 Å². The van der Waals surface area contributed by atoms with Crippen LogP contribution in [-0.4, -0.2) is 29.7 Å². The number of carbonyl (C=O) groups excluding carboxylic acids is 1. The molecule has 0 spiro atoms. The van der Waals surface area contributed by atoms with Gasteiger partial charge >= 0.3 is 12.3 Å². The van der Waals surface area contributed by atoms with Gasteiger partial charge in [0.1, 0.15) is 5.60 Å². The molecule has 1 fully saturated rings. The minimum Gasteiger partial charge on any atom is -0.444 e. The summed E-state index contributed by atoms with van der Waals surface area (Å²) in [5.41, 5.74) is 5.36. The third kappa shape index (κ3) is 5.36. The number of nitrogens with zero attached hydrogens (tertiary/aromatic N) is 1. The molecule has 0 bridgehead atoms. The molecule has 1 amide bonds. The number of amides is 1. The molecule has 2 N–H and O–H groups in total. The lowest BCUT2D eigenvalue weighted by atomic mass is 9.86. The Balaban J connectivity index is 2.09. The van der Waals surface area contributed by atoms with Crippen molar-refractivity contribution in [2.45, 2.75) is 51.4 Å². The second-order valence-electron chi connectivity index (χ2n) is 7.48. The van der Waals surface area contributed by atoms with Gasteiger partial charge in [-0.15, -0.1) is 0 Å². The average Bonchev–Trinajstić information content (AvgIpc) is 2.52. The van der Waals surface area contributed by atoms with Gasteiger partial charge in [0.2, 0.25) is 0 Å². The van der Waals surface area contributed by atoms with Crippen molar-refractivity contribution in [1.29, 1.82) is 0 Å². The molecule has 2 atom stereocenters. The third-order valence-corrected chi connectivity index (χ3v) is 4.22. The van der Waals surface area contributed by atoms with E-state index in [-0.39, 0.29) is 5.92 Å². The Hall–Kier alpha value is -1.76. The number of benzene rings is 1. The van der Waals surface area contributed by atoms with Crippen molar-refractivity contribution in [2.75, 3.05) is 13.1 Å². The largest absolute Gasteiger partial charge is 0.444 e. The van der Waals surface area contributed by atoms with Gasteiger partial charge in [0, 0.05) is 19.1 Å². The zero-order chi connectivity index (χ0) is 18.8. The van der Waals surface area contributed by atoms with Crippen LogP contribution in [0.4, 0.5) is 18.0 Å². The van der Waals surface area contributed by atoms with Crippen molar-refractivity contribution in [3.8, 4) is 0 Å². The predicted molar refractivity (Wildman–Crippen MR) is 88.9 cm³/mol. The maximum atomic E-state index is 12.9. The van der Waals surface area contributed by atoms with E-state index in [9.17, 15) is 18.0 Å². The molecule has 140 valence electrons. The van der Waals surface area contributed by atoms with Crippen LogP contribution in [0, 0.1) is 5.92 Å². The summed E-state index contributed by atoms with van der Waals surface area (Å²) in [6, 6.07) is 4.53. The zero-order valence-electron chi connectivity index (χ0n) is 14.8. The topological polar surface area (TPSA) is 55.6 Å². The van der Waals surface area contributed by atoms with Gasteiger partial charge in [-0.05, 0) is 57.2 Å². The second kappa shape index (κ2) is 7.23. The van der Waals surface area contributed by atoms with E-state index in [2.05, 4.69) is 0 Å². The Morgan fingerprint density at radius 1 is 1.32 bits per heavy atom. The molecule has 0 saturated carbocycles. The summed E-state index contributed by atoms with van der Waals surface area (Å²) in [5, 5.41) is 0. The molecule has 0 aliphatic carbocycles. The standard InChI is InChI=1S/C18H25F3N2O2/c1-17(2,3)25-16(24)23-9-5-7-13(11-23)15(22)12-6-4-8-14(10-12)18(19,20)21/h4,6,8,10,13,15H,5,7,9,11,22H2,1-3H3. The summed E-state index contributed by atoms with van der Waals surface area (Å²) < 4.78 is 44.0. The number of ether oxygens (including phenoxy) is 1. The fourth-order valence-electron chi connectivity index (χ4n) is 2.99. The molecule has 2 unspecified atom stereocenters. The van der Waals surface area contributed by atoms with Gasteiger partial charge in [0.15, 0.2) is 0 Å². The quantitative estimate of drug-likeness (QED) is 0.855. The van der Waals surface area contributed by atoms with Crippen molar-refractivity contribution in [2.24, 2.45) is 11.7 Å². The number of nitrogens with two attached hydrogens (primary N) is 1. The van der Waals surface area contributed by atoms with Crippen LogP contribution in [0.25, 0.3) is 0 Å². The molecule has 1 aliphatic rings. The summed E-state index contributed by atoms with van der Waals surface area (Å²) in [5.74, 6) is -0.107. The number of carbonyl (C=O) groups is 1. The van der Waals surface area contributed by atoms with Crippen molar-refractivity contribution in [3.05, 3.63) is 35.4 Å². The molecule has 0 radical (unpaired) electrons. The Bertz CT molecular complexity index is 611. The van der Waals surface area contributed by atoms with Crippen LogP contribution in [0.5, 0.6) is 0 Å². The number of rotatable bonds is 2. The molecular formula is C18H25F3N2O2. The van der Waals surface area contributed by atoms with E-state index < -0.39 is 29.5 Å². The zero-order valence-corrected chi connectivity index (χ0v) is 14.8. The first kappa shape index (κ1) is 19.6. The number of hydrogen-bond acceptors (Lipinski definition) is 3. The molecule has 1 aromatic rings. The normalized spacial score (nSPS) is 20.3. The summed E-state index contributed by atoms with van der Waals surface area (Å²) in [6.07, 6.45) is -3.30. The molecule has 4 nitrogen and oxygen atoms in total. The first-order valence-corrected chi connectivity index (χ1v) is 8.38. The average molecular weight is 358 g/mol. The Labute approximate surface area is 146 Å². The Kier molecular flexibility index (Phi) is 5.66. The highest BCUT2D eigenvalue weighted by Crippen LogP contribution is 2.33. The molecule has 1 aliphatic heterocycles. The molecule has 7 heteroatoms. The maximum Gasteiger partial charge on any atom is 0.416 e. The number of likely N-dealkylation sites (tertiary alicyclic amines) is 1. The lowest BCUT2D eigenvalue weighted by molar-refractivity contribution is -0.137. The van der Waals surface area contributed by atoms with Crippen molar-refractivity contribution in [3.63, 3.8) is 0 Å². The van der Waals surface area contributed by atoms with Gasteiger partial charge in [-0.25, -0.2) is 4.79 Å². The molecular weight excluding hydrogens is 333 g/mol. The minimum absolute atomic E-state index is 0.107. The number of alkyl halides is 3. The van der Waals surface area contributed by atoms with Crippen LogP contribution < -0.4 is 5.73 Å². The van der Waals surface area contributed by atoms with E-state index in [1.165, 1.54) is 6.07 Å². The van der Waals surface area contributed by atoms with Crippen molar-refractivity contribution in [1.82, 2.24) is 4.90 Å². The molecule has 2 rings (SSSR count). The van der Waals surface area contributed by atoms with Gasteiger partial charge in [-0.1, -0.05) is 12.1 Å². The third-order valence-electron chi connectivity index (χ3n) is 4.22. The van der Waals surface area contributed by atoms with Crippen LogP contribution in [0.2, 0.25) is 0 Å². The first-order chi connectivity index (χ1) is 11.5. The van der Waals surface area contributed by atoms with Crippen molar-refractivity contribution >= 4 is 6.09 Å². The summed E-state index contributed by atoms with van der Waals surface area (Å²) in [4.78, 5) is 13.8. The lowest BCUT2D eigenvalue weighted by Gasteiger charge is -2.36. The fraction of sp³-hybridized carbons (Fsp3) is 0.611. The van der Waals surface area contributed by atoms with Crippen molar-refractivity contribution < 1.29 is 22.7 Å². The number of piperidine rings is 1. The van der Waals surface area contributed by atoms with Crippen LogP contribution in [0.15, 0.2) is 24.3 Å². The van der Waals surface area contributed by atoms with Gasteiger partial charge in [0.25, 0.3) is 0 Å². The van der Waals surface area contributed by atoms with E-state index in [0.717, 1.165) is 25.0 Å². The maximum absolute atomic E-state index is 12.9. The van der Waals surface area contributed by atoms with Crippen LogP contribution in [0.3, 0.4) is 0 Å². The minimum atomic E-state index is -4.40. The first-order valence-electron chi connectivity index (χ1n) is 8.38.